The van der Waals surface area contributed by atoms with Crippen molar-refractivity contribution in [1.82, 2.24) is 15.5 Å². The third kappa shape index (κ3) is 6.92. The number of methoxy groups -OCH3 is 1. The molecule has 1 aromatic carbocycles. The number of halogens is 3. The number of carboxylic acid groups (broad SMARTS) is 1. The maximum absolute atomic E-state index is 13.9. The van der Waals surface area contributed by atoms with Crippen LogP contribution in [-0.2, 0) is 9.59 Å². The molecule has 5 rings (SSSR count). The van der Waals surface area contributed by atoms with E-state index >= 15 is 0 Å². The van der Waals surface area contributed by atoms with Gasteiger partial charge in [-0.05, 0) is 69.8 Å². The van der Waals surface area contributed by atoms with Crippen molar-refractivity contribution in [2.75, 3.05) is 20.2 Å². The Labute approximate surface area is 267 Å². The quantitative estimate of drug-likeness (QED) is 0.311. The molecule has 4 fully saturated rings. The maximum Gasteiger partial charge on any atom is 0.390 e. The van der Waals surface area contributed by atoms with E-state index in [-0.39, 0.29) is 46.6 Å². The maximum atomic E-state index is 13.9. The van der Waals surface area contributed by atoms with Crippen LogP contribution in [0.4, 0.5) is 13.2 Å². The van der Waals surface area contributed by atoms with Gasteiger partial charge in [-0.15, -0.1) is 0 Å². The molecule has 0 spiro atoms. The van der Waals surface area contributed by atoms with Gasteiger partial charge in [0, 0.05) is 31.2 Å². The van der Waals surface area contributed by atoms with Crippen molar-refractivity contribution in [3.05, 3.63) is 23.3 Å². The van der Waals surface area contributed by atoms with E-state index in [1.54, 1.807) is 11.8 Å². The lowest BCUT2D eigenvalue weighted by Gasteiger charge is -2.39. The number of amides is 2. The van der Waals surface area contributed by atoms with Crippen molar-refractivity contribution in [1.29, 1.82) is 5.26 Å². The number of alkyl halides is 3. The van der Waals surface area contributed by atoms with Gasteiger partial charge in [0.25, 0.3) is 5.91 Å². The number of benzene rings is 1. The van der Waals surface area contributed by atoms with Gasteiger partial charge >= 0.3 is 12.1 Å². The summed E-state index contributed by atoms with van der Waals surface area (Å²) in [4.78, 5) is 40.9. The molecule has 2 amide bonds. The Kier molecular flexibility index (Phi) is 9.51. The molecule has 2 bridgehead atoms. The van der Waals surface area contributed by atoms with E-state index in [2.05, 4.69) is 23.6 Å². The molecule has 1 aromatic rings. The van der Waals surface area contributed by atoms with Crippen LogP contribution < -0.4 is 20.1 Å². The number of carboxylic acids is 1. The summed E-state index contributed by atoms with van der Waals surface area (Å²) in [5.41, 5.74) is -0.650. The number of hydrogen-bond donors (Lipinski definition) is 3. The van der Waals surface area contributed by atoms with Crippen LogP contribution in [0.2, 0.25) is 0 Å². The summed E-state index contributed by atoms with van der Waals surface area (Å²) < 4.78 is 51.3. The Morgan fingerprint density at radius 3 is 2.30 bits per heavy atom. The second-order valence-corrected chi connectivity index (χ2v) is 14.1. The summed E-state index contributed by atoms with van der Waals surface area (Å²) in [6.07, 6.45) is 0.161. The Morgan fingerprint density at radius 2 is 1.74 bits per heavy atom. The molecular weight excluding hydrogens is 605 g/mol. The molecule has 3 N–H and O–H groups in total. The molecular formula is C33H43F3N4O6. The summed E-state index contributed by atoms with van der Waals surface area (Å²) in [7, 11) is 1.36. The van der Waals surface area contributed by atoms with Gasteiger partial charge in [-0.1, -0.05) is 13.3 Å². The molecule has 2 saturated heterocycles. The molecule has 2 heterocycles. The fourth-order valence-corrected chi connectivity index (χ4v) is 7.72. The third-order valence-electron chi connectivity index (χ3n) is 10.8. The molecule has 4 atom stereocenters. The van der Waals surface area contributed by atoms with Crippen LogP contribution >= 0.6 is 0 Å². The molecule has 13 heteroatoms. The SMILES string of the molecule is COc1cc(C#N)c(O[C@H]2CC[C@@](C)(C(=O)O)CC2)cc1C(=O)N[C@@H]1C(C(=O)NCC2(C)CCC2)[C@@H]2CC[C@H]1N2CCC(F)(F)F. The van der Waals surface area contributed by atoms with E-state index in [4.69, 9.17) is 9.47 Å². The second kappa shape index (κ2) is 12.9. The van der Waals surface area contributed by atoms with E-state index in [0.29, 0.717) is 45.1 Å². The first kappa shape index (κ1) is 33.8. The summed E-state index contributed by atoms with van der Waals surface area (Å²) >= 11 is 0. The number of nitrogens with one attached hydrogen (secondary N) is 2. The van der Waals surface area contributed by atoms with E-state index in [0.717, 1.165) is 19.3 Å². The van der Waals surface area contributed by atoms with E-state index in [1.807, 2.05) is 0 Å². The van der Waals surface area contributed by atoms with Crippen LogP contribution in [0, 0.1) is 28.1 Å². The van der Waals surface area contributed by atoms with Gasteiger partial charge in [0.05, 0.1) is 48.1 Å². The Bertz CT molecular complexity index is 1380. The molecule has 2 aliphatic carbocycles. The summed E-state index contributed by atoms with van der Waals surface area (Å²) in [5, 5.41) is 25.4. The first-order valence-corrected chi connectivity index (χ1v) is 16.1. The van der Waals surface area contributed by atoms with E-state index in [9.17, 15) is 37.9 Å². The highest BCUT2D eigenvalue weighted by molar-refractivity contribution is 5.98. The molecule has 252 valence electrons. The molecule has 2 aliphatic heterocycles. The van der Waals surface area contributed by atoms with Crippen molar-refractivity contribution in [3.63, 3.8) is 0 Å². The molecule has 10 nitrogen and oxygen atoms in total. The minimum absolute atomic E-state index is 0.00116. The van der Waals surface area contributed by atoms with Crippen LogP contribution in [-0.4, -0.2) is 78.4 Å². The monoisotopic (exact) mass is 648 g/mol. The number of ether oxygens (including phenoxy) is 2. The molecule has 1 unspecified atom stereocenters. The van der Waals surface area contributed by atoms with Crippen molar-refractivity contribution in [2.45, 2.75) is 108 Å². The van der Waals surface area contributed by atoms with E-state index in [1.165, 1.54) is 19.2 Å². The number of fused-ring (bicyclic) bond motifs is 2. The molecule has 2 saturated carbocycles. The lowest BCUT2D eigenvalue weighted by atomic mass is 9.70. The number of nitrogens with zero attached hydrogens (tertiary/aromatic N) is 2. The highest BCUT2D eigenvalue weighted by Gasteiger charge is 2.57. The van der Waals surface area contributed by atoms with Crippen molar-refractivity contribution in [2.24, 2.45) is 16.7 Å². The number of hydrogen-bond acceptors (Lipinski definition) is 7. The zero-order valence-corrected chi connectivity index (χ0v) is 26.5. The fourth-order valence-electron chi connectivity index (χ4n) is 7.72. The molecule has 0 aromatic heterocycles. The van der Waals surface area contributed by atoms with Crippen LogP contribution in [0.5, 0.6) is 11.5 Å². The Morgan fingerprint density at radius 1 is 1.07 bits per heavy atom. The zero-order chi connectivity index (χ0) is 33.4. The van der Waals surface area contributed by atoms with Gasteiger partial charge in [-0.3, -0.25) is 19.3 Å². The Hall–Kier alpha value is -3.53. The second-order valence-electron chi connectivity index (χ2n) is 14.1. The van der Waals surface area contributed by atoms with Crippen LogP contribution in [0.25, 0.3) is 0 Å². The lowest BCUT2D eigenvalue weighted by Crippen LogP contribution is -2.53. The summed E-state index contributed by atoms with van der Waals surface area (Å²) in [6, 6.07) is 3.26. The standard InChI is InChI=1S/C33H43F3N4O6/c1-31(9-4-10-31)18-38-29(42)26-22-5-6-23(40(22)14-13-33(34,35)36)27(26)39-28(41)21-16-24(19(17-37)15-25(21)45-3)46-20-7-11-32(2,12-8-20)30(43)44/h15-16,20,22-23,26-27H,4-14,18H2,1-3H3,(H,38,42)(H,39,41)(H,43,44)/t20-,22-,23+,26?,27-,32+/m0/s1. The van der Waals surface area contributed by atoms with E-state index < -0.39 is 53.9 Å². The van der Waals surface area contributed by atoms with Gasteiger partial charge < -0.3 is 25.2 Å². The highest BCUT2D eigenvalue weighted by atomic mass is 19.4. The van der Waals surface area contributed by atoms with Crippen molar-refractivity contribution in [3.8, 4) is 17.6 Å². The number of nitriles is 1. The third-order valence-corrected chi connectivity index (χ3v) is 10.8. The number of carbonyl (C=O) groups is 3. The number of rotatable bonds is 11. The predicted molar refractivity (Wildman–Crippen MR) is 160 cm³/mol. The Balaban J connectivity index is 1.37. The normalized spacial score (nSPS) is 30.2. The molecule has 0 radical (unpaired) electrons. The van der Waals surface area contributed by atoms with Gasteiger partial charge in [0.2, 0.25) is 5.91 Å². The van der Waals surface area contributed by atoms with Crippen molar-refractivity contribution < 1.29 is 42.1 Å². The van der Waals surface area contributed by atoms with Gasteiger partial charge in [-0.2, -0.15) is 18.4 Å². The van der Waals surface area contributed by atoms with Crippen LogP contribution in [0.3, 0.4) is 0 Å². The number of aliphatic carboxylic acids is 1. The predicted octanol–water partition coefficient (Wildman–Crippen LogP) is 4.80. The first-order chi connectivity index (χ1) is 21.7. The van der Waals surface area contributed by atoms with Gasteiger partial charge in [-0.25, -0.2) is 0 Å². The van der Waals surface area contributed by atoms with Gasteiger partial charge in [0.1, 0.15) is 17.6 Å². The number of carbonyl (C=O) groups excluding carboxylic acids is 2. The summed E-state index contributed by atoms with van der Waals surface area (Å²) in [5.74, 6) is -2.20. The van der Waals surface area contributed by atoms with Crippen molar-refractivity contribution >= 4 is 17.8 Å². The van der Waals surface area contributed by atoms with Crippen LogP contribution in [0.15, 0.2) is 12.1 Å². The smallest absolute Gasteiger partial charge is 0.390 e. The minimum atomic E-state index is -4.35. The average molecular weight is 649 g/mol. The average Bonchev–Trinajstić information content (AvgIpc) is 3.53. The topological polar surface area (TPSA) is 141 Å². The summed E-state index contributed by atoms with van der Waals surface area (Å²) in [6.45, 7) is 4.01. The largest absolute Gasteiger partial charge is 0.496 e. The highest BCUT2D eigenvalue weighted by Crippen LogP contribution is 2.45. The van der Waals surface area contributed by atoms with Crippen LogP contribution in [0.1, 0.15) is 94.0 Å². The first-order valence-electron chi connectivity index (χ1n) is 16.1. The minimum Gasteiger partial charge on any atom is -0.496 e. The van der Waals surface area contributed by atoms with Gasteiger partial charge in [0.15, 0.2) is 0 Å². The fraction of sp³-hybridized carbons (Fsp3) is 0.697. The lowest BCUT2D eigenvalue weighted by molar-refractivity contribution is -0.150. The molecule has 4 aliphatic rings. The zero-order valence-electron chi connectivity index (χ0n) is 26.5. The molecule has 46 heavy (non-hydrogen) atoms.